The first-order valence-electron chi connectivity index (χ1n) is 7.45. The number of ether oxygens (including phenoxy) is 2. The summed E-state index contributed by atoms with van der Waals surface area (Å²) in [6.07, 6.45) is 0. The molecule has 1 amide bonds. The Morgan fingerprint density at radius 1 is 1.13 bits per heavy atom. The third kappa shape index (κ3) is 5.87. The van der Waals surface area contributed by atoms with Crippen LogP contribution in [-0.2, 0) is 4.79 Å². The number of carbonyl (C=O) groups is 1. The lowest BCUT2D eigenvalue weighted by Crippen LogP contribution is -2.33. The second-order valence-corrected chi connectivity index (χ2v) is 6.31. The average molecular weight is 331 g/mol. The fourth-order valence-corrected chi connectivity index (χ4v) is 2.85. The number of benzene rings is 2. The molecule has 2 aromatic rings. The molecule has 2 aromatic carbocycles. The van der Waals surface area contributed by atoms with Gasteiger partial charge in [-0.15, -0.1) is 11.8 Å². The summed E-state index contributed by atoms with van der Waals surface area (Å²) in [6, 6.07) is 17.3. The fraction of sp³-hybridized carbons (Fsp3) is 0.278. The number of carbonyl (C=O) groups excluding carboxylic acids is 1. The van der Waals surface area contributed by atoms with Crippen molar-refractivity contribution in [2.24, 2.45) is 0 Å². The van der Waals surface area contributed by atoms with E-state index in [1.807, 2.05) is 61.5 Å². The number of rotatable bonds is 8. The molecule has 5 heteroatoms. The zero-order valence-corrected chi connectivity index (χ0v) is 14.1. The van der Waals surface area contributed by atoms with Gasteiger partial charge >= 0.3 is 0 Å². The molecule has 0 fully saturated rings. The Morgan fingerprint density at radius 2 is 1.87 bits per heavy atom. The van der Waals surface area contributed by atoms with E-state index in [0.29, 0.717) is 13.2 Å². The molecular weight excluding hydrogens is 310 g/mol. The predicted octanol–water partition coefficient (Wildman–Crippen LogP) is 3.37. The maximum Gasteiger partial charge on any atom is 0.233 e. The van der Waals surface area contributed by atoms with E-state index in [1.54, 1.807) is 18.9 Å². The number of thioether (sulfide) groups is 1. The van der Waals surface area contributed by atoms with Crippen LogP contribution in [0.25, 0.3) is 0 Å². The normalized spacial score (nSPS) is 11.6. The molecular formula is C18H21NO3S. The highest BCUT2D eigenvalue weighted by Gasteiger charge is 2.13. The molecule has 0 aliphatic rings. The van der Waals surface area contributed by atoms with E-state index < -0.39 is 0 Å². The second-order valence-electron chi connectivity index (χ2n) is 4.89. The lowest BCUT2D eigenvalue weighted by atomic mass is 10.3. The maximum atomic E-state index is 12.1. The Hall–Kier alpha value is -2.14. The van der Waals surface area contributed by atoms with Crippen molar-refractivity contribution in [2.75, 3.05) is 20.3 Å². The van der Waals surface area contributed by atoms with Crippen molar-refractivity contribution < 1.29 is 14.3 Å². The zero-order chi connectivity index (χ0) is 16.5. The largest absolute Gasteiger partial charge is 0.497 e. The average Bonchev–Trinajstić information content (AvgIpc) is 2.59. The molecule has 0 unspecified atom stereocenters. The van der Waals surface area contributed by atoms with Crippen molar-refractivity contribution in [3.8, 4) is 11.5 Å². The van der Waals surface area contributed by atoms with Crippen LogP contribution < -0.4 is 14.8 Å². The van der Waals surface area contributed by atoms with Gasteiger partial charge in [0.1, 0.15) is 18.1 Å². The SMILES string of the molecule is COc1cccc(OCCNC(=O)[C@H](C)Sc2ccccc2)c1. The summed E-state index contributed by atoms with van der Waals surface area (Å²) < 4.78 is 10.7. The maximum absolute atomic E-state index is 12.1. The van der Waals surface area contributed by atoms with Crippen molar-refractivity contribution in [3.05, 3.63) is 54.6 Å². The van der Waals surface area contributed by atoms with E-state index in [4.69, 9.17) is 9.47 Å². The number of amides is 1. The van der Waals surface area contributed by atoms with Crippen LogP contribution >= 0.6 is 11.8 Å². The standard InChI is InChI=1S/C18H21NO3S/c1-14(23-17-9-4-3-5-10-17)18(20)19-11-12-22-16-8-6-7-15(13-16)21-2/h3-10,13-14H,11-12H2,1-2H3,(H,19,20)/t14-/m0/s1. The molecule has 1 atom stereocenters. The summed E-state index contributed by atoms with van der Waals surface area (Å²) in [7, 11) is 1.62. The van der Waals surface area contributed by atoms with E-state index in [9.17, 15) is 4.79 Å². The third-order valence-corrected chi connectivity index (χ3v) is 4.25. The van der Waals surface area contributed by atoms with Gasteiger partial charge in [0.15, 0.2) is 0 Å². The second kappa shape index (κ2) is 9.10. The predicted molar refractivity (Wildman–Crippen MR) is 93.3 cm³/mol. The van der Waals surface area contributed by atoms with Crippen molar-refractivity contribution in [1.29, 1.82) is 0 Å². The minimum Gasteiger partial charge on any atom is -0.497 e. The Balaban J connectivity index is 1.69. The highest BCUT2D eigenvalue weighted by Crippen LogP contribution is 2.22. The van der Waals surface area contributed by atoms with Crippen LogP contribution in [0.4, 0.5) is 0 Å². The first-order valence-corrected chi connectivity index (χ1v) is 8.33. The van der Waals surface area contributed by atoms with Gasteiger partial charge in [0.05, 0.1) is 18.9 Å². The number of hydrogen-bond acceptors (Lipinski definition) is 4. The highest BCUT2D eigenvalue weighted by molar-refractivity contribution is 8.00. The Bertz CT molecular complexity index is 619. The minimum atomic E-state index is -0.144. The van der Waals surface area contributed by atoms with E-state index in [-0.39, 0.29) is 11.2 Å². The Labute approximate surface area is 141 Å². The first-order chi connectivity index (χ1) is 11.2. The summed E-state index contributed by atoms with van der Waals surface area (Å²) in [5, 5.41) is 2.74. The number of nitrogens with one attached hydrogen (secondary N) is 1. The molecule has 0 aromatic heterocycles. The van der Waals surface area contributed by atoms with E-state index in [1.165, 1.54) is 0 Å². The van der Waals surface area contributed by atoms with Gasteiger partial charge in [-0.3, -0.25) is 4.79 Å². The molecule has 0 spiro atoms. The molecule has 122 valence electrons. The number of methoxy groups -OCH3 is 1. The van der Waals surface area contributed by atoms with Gasteiger partial charge in [-0.1, -0.05) is 24.3 Å². The molecule has 1 N–H and O–H groups in total. The molecule has 23 heavy (non-hydrogen) atoms. The van der Waals surface area contributed by atoms with Gasteiger partial charge in [-0.05, 0) is 31.2 Å². The molecule has 0 heterocycles. The molecule has 0 saturated heterocycles. The van der Waals surface area contributed by atoms with Crippen LogP contribution in [0.15, 0.2) is 59.5 Å². The quantitative estimate of drug-likeness (QED) is 0.595. The Kier molecular flexibility index (Phi) is 6.81. The van der Waals surface area contributed by atoms with Crippen LogP contribution in [0.5, 0.6) is 11.5 Å². The molecule has 0 bridgehead atoms. The molecule has 0 aliphatic heterocycles. The van der Waals surface area contributed by atoms with Gasteiger partial charge in [0.2, 0.25) is 5.91 Å². The van der Waals surface area contributed by atoms with Crippen LogP contribution in [-0.4, -0.2) is 31.4 Å². The number of hydrogen-bond donors (Lipinski definition) is 1. The summed E-state index contributed by atoms with van der Waals surface area (Å²) in [5.41, 5.74) is 0. The van der Waals surface area contributed by atoms with Crippen molar-refractivity contribution in [2.45, 2.75) is 17.1 Å². The fourth-order valence-electron chi connectivity index (χ4n) is 1.93. The smallest absolute Gasteiger partial charge is 0.233 e. The van der Waals surface area contributed by atoms with E-state index in [0.717, 1.165) is 16.4 Å². The van der Waals surface area contributed by atoms with Crippen molar-refractivity contribution in [3.63, 3.8) is 0 Å². The van der Waals surface area contributed by atoms with E-state index in [2.05, 4.69) is 5.32 Å². The first kappa shape index (κ1) is 17.2. The van der Waals surface area contributed by atoms with Gasteiger partial charge in [-0.25, -0.2) is 0 Å². The Morgan fingerprint density at radius 3 is 2.61 bits per heavy atom. The lowest BCUT2D eigenvalue weighted by molar-refractivity contribution is -0.120. The molecule has 0 radical (unpaired) electrons. The summed E-state index contributed by atoms with van der Waals surface area (Å²) in [5.74, 6) is 1.48. The van der Waals surface area contributed by atoms with E-state index >= 15 is 0 Å². The van der Waals surface area contributed by atoms with Crippen LogP contribution in [0.2, 0.25) is 0 Å². The van der Waals surface area contributed by atoms with Gasteiger partial charge < -0.3 is 14.8 Å². The molecule has 2 rings (SSSR count). The zero-order valence-electron chi connectivity index (χ0n) is 13.3. The summed E-state index contributed by atoms with van der Waals surface area (Å²) in [6.45, 7) is 2.79. The lowest BCUT2D eigenvalue weighted by Gasteiger charge is -2.12. The minimum absolute atomic E-state index is 0.00750. The molecule has 0 aliphatic carbocycles. The topological polar surface area (TPSA) is 47.6 Å². The van der Waals surface area contributed by atoms with Gasteiger partial charge in [-0.2, -0.15) is 0 Å². The van der Waals surface area contributed by atoms with Crippen molar-refractivity contribution >= 4 is 17.7 Å². The van der Waals surface area contributed by atoms with Crippen LogP contribution in [0, 0.1) is 0 Å². The summed E-state index contributed by atoms with van der Waals surface area (Å²) >= 11 is 1.54. The van der Waals surface area contributed by atoms with Crippen molar-refractivity contribution in [1.82, 2.24) is 5.32 Å². The highest BCUT2D eigenvalue weighted by atomic mass is 32.2. The van der Waals surface area contributed by atoms with Gasteiger partial charge in [0.25, 0.3) is 0 Å². The van der Waals surface area contributed by atoms with Crippen LogP contribution in [0.3, 0.4) is 0 Å². The van der Waals surface area contributed by atoms with Gasteiger partial charge in [0, 0.05) is 11.0 Å². The van der Waals surface area contributed by atoms with Crippen LogP contribution in [0.1, 0.15) is 6.92 Å². The monoisotopic (exact) mass is 331 g/mol. The molecule has 0 saturated carbocycles. The third-order valence-electron chi connectivity index (χ3n) is 3.14. The molecule has 4 nitrogen and oxygen atoms in total. The summed E-state index contributed by atoms with van der Waals surface area (Å²) in [4.78, 5) is 13.1.